The summed E-state index contributed by atoms with van der Waals surface area (Å²) in [6.45, 7) is 7.10. The molecule has 1 aliphatic rings. The summed E-state index contributed by atoms with van der Waals surface area (Å²) in [7, 11) is 0. The van der Waals surface area contributed by atoms with Crippen LogP contribution < -0.4 is 5.32 Å². The van der Waals surface area contributed by atoms with Gasteiger partial charge in [0.15, 0.2) is 0 Å². The predicted molar refractivity (Wildman–Crippen MR) is 80.2 cm³/mol. The zero-order valence-corrected chi connectivity index (χ0v) is 13.4. The maximum Gasteiger partial charge on any atom is 0.0695 e. The van der Waals surface area contributed by atoms with Crippen molar-refractivity contribution in [1.82, 2.24) is 15.1 Å². The molecule has 108 valence electrons. The van der Waals surface area contributed by atoms with Crippen molar-refractivity contribution in [3.63, 3.8) is 0 Å². The van der Waals surface area contributed by atoms with Gasteiger partial charge in [0.05, 0.1) is 28.5 Å². The number of rotatable bonds is 7. The standard InChI is InChI=1S/C14H24BrN3O/c1-3-16-13(8-7-11-6-5-9-19-11)14-12(15)10-17-18(14)4-2/h10-11,13,16H,3-9H2,1-2H3. The number of nitrogens with one attached hydrogen (secondary N) is 1. The molecule has 1 fully saturated rings. The van der Waals surface area contributed by atoms with Crippen molar-refractivity contribution in [3.05, 3.63) is 16.4 Å². The molecule has 2 unspecified atom stereocenters. The van der Waals surface area contributed by atoms with E-state index in [4.69, 9.17) is 4.74 Å². The molecule has 0 amide bonds. The van der Waals surface area contributed by atoms with E-state index in [1.807, 2.05) is 6.20 Å². The number of halogens is 1. The smallest absolute Gasteiger partial charge is 0.0695 e. The van der Waals surface area contributed by atoms with Crippen LogP contribution in [-0.4, -0.2) is 29.0 Å². The Morgan fingerprint density at radius 3 is 3.05 bits per heavy atom. The zero-order chi connectivity index (χ0) is 13.7. The first-order valence-corrected chi connectivity index (χ1v) is 8.11. The average Bonchev–Trinajstić information content (AvgIpc) is 3.04. The Hall–Kier alpha value is -0.390. The minimum Gasteiger partial charge on any atom is -0.378 e. The fraction of sp³-hybridized carbons (Fsp3) is 0.786. The molecule has 0 bridgehead atoms. The summed E-state index contributed by atoms with van der Waals surface area (Å²) in [5.74, 6) is 0. The maximum atomic E-state index is 5.72. The van der Waals surface area contributed by atoms with Gasteiger partial charge in [0.2, 0.25) is 0 Å². The molecule has 1 N–H and O–H groups in total. The first kappa shape index (κ1) is 15.0. The molecule has 2 heterocycles. The van der Waals surface area contributed by atoms with E-state index in [-0.39, 0.29) is 0 Å². The Kier molecular flexibility index (Phi) is 5.85. The zero-order valence-electron chi connectivity index (χ0n) is 11.9. The second-order valence-electron chi connectivity index (χ2n) is 5.02. The highest BCUT2D eigenvalue weighted by atomic mass is 79.9. The lowest BCUT2D eigenvalue weighted by molar-refractivity contribution is 0.0993. The fourth-order valence-corrected chi connectivity index (χ4v) is 3.35. The van der Waals surface area contributed by atoms with E-state index < -0.39 is 0 Å². The highest BCUT2D eigenvalue weighted by Crippen LogP contribution is 2.28. The van der Waals surface area contributed by atoms with Gasteiger partial charge in [-0.3, -0.25) is 4.68 Å². The van der Waals surface area contributed by atoms with Crippen LogP contribution in [0, 0.1) is 0 Å². The molecule has 19 heavy (non-hydrogen) atoms. The van der Waals surface area contributed by atoms with Gasteiger partial charge in [0.1, 0.15) is 0 Å². The van der Waals surface area contributed by atoms with Crippen molar-refractivity contribution < 1.29 is 4.74 Å². The van der Waals surface area contributed by atoms with Gasteiger partial charge in [0, 0.05) is 13.2 Å². The van der Waals surface area contributed by atoms with Gasteiger partial charge in [-0.15, -0.1) is 0 Å². The molecule has 1 saturated heterocycles. The van der Waals surface area contributed by atoms with Gasteiger partial charge in [0.25, 0.3) is 0 Å². The van der Waals surface area contributed by atoms with Crippen LogP contribution in [0.4, 0.5) is 0 Å². The van der Waals surface area contributed by atoms with Crippen LogP contribution in [0.1, 0.15) is 51.3 Å². The third-order valence-electron chi connectivity index (χ3n) is 3.71. The van der Waals surface area contributed by atoms with Crippen molar-refractivity contribution in [3.8, 4) is 0 Å². The third kappa shape index (κ3) is 3.80. The van der Waals surface area contributed by atoms with Gasteiger partial charge in [-0.25, -0.2) is 0 Å². The Labute approximate surface area is 124 Å². The quantitative estimate of drug-likeness (QED) is 0.834. The molecule has 1 aromatic heterocycles. The predicted octanol–water partition coefficient (Wildman–Crippen LogP) is 3.28. The normalized spacial score (nSPS) is 20.9. The maximum absolute atomic E-state index is 5.72. The lowest BCUT2D eigenvalue weighted by Crippen LogP contribution is -2.25. The summed E-state index contributed by atoms with van der Waals surface area (Å²) in [5.41, 5.74) is 1.27. The molecule has 2 atom stereocenters. The second kappa shape index (κ2) is 7.41. The summed E-state index contributed by atoms with van der Waals surface area (Å²) < 4.78 is 8.90. The lowest BCUT2D eigenvalue weighted by atomic mass is 10.0. The summed E-state index contributed by atoms with van der Waals surface area (Å²) in [5, 5.41) is 7.99. The topological polar surface area (TPSA) is 39.1 Å². The van der Waals surface area contributed by atoms with Crippen LogP contribution in [0.3, 0.4) is 0 Å². The van der Waals surface area contributed by atoms with Crippen molar-refractivity contribution in [1.29, 1.82) is 0 Å². The van der Waals surface area contributed by atoms with E-state index >= 15 is 0 Å². The number of aromatic nitrogens is 2. The fourth-order valence-electron chi connectivity index (χ4n) is 2.78. The van der Waals surface area contributed by atoms with E-state index in [2.05, 4.69) is 44.9 Å². The highest BCUT2D eigenvalue weighted by Gasteiger charge is 2.22. The van der Waals surface area contributed by atoms with E-state index in [0.717, 1.165) is 37.0 Å². The van der Waals surface area contributed by atoms with Gasteiger partial charge in [-0.05, 0) is 55.1 Å². The number of nitrogens with zero attached hydrogens (tertiary/aromatic N) is 2. The van der Waals surface area contributed by atoms with Crippen molar-refractivity contribution >= 4 is 15.9 Å². The Morgan fingerprint density at radius 1 is 1.58 bits per heavy atom. The summed E-state index contributed by atoms with van der Waals surface area (Å²) in [6, 6.07) is 0.353. The Morgan fingerprint density at radius 2 is 2.42 bits per heavy atom. The Balaban J connectivity index is 2.03. The van der Waals surface area contributed by atoms with Crippen molar-refractivity contribution in [2.24, 2.45) is 0 Å². The van der Waals surface area contributed by atoms with Crippen LogP contribution in [-0.2, 0) is 11.3 Å². The van der Waals surface area contributed by atoms with E-state index in [1.165, 1.54) is 18.5 Å². The molecule has 4 nitrogen and oxygen atoms in total. The third-order valence-corrected chi connectivity index (χ3v) is 4.33. The summed E-state index contributed by atoms with van der Waals surface area (Å²) >= 11 is 3.63. The van der Waals surface area contributed by atoms with E-state index in [1.54, 1.807) is 0 Å². The first-order chi connectivity index (χ1) is 9.26. The number of ether oxygens (including phenoxy) is 1. The van der Waals surface area contributed by atoms with Crippen molar-refractivity contribution in [2.45, 2.75) is 58.2 Å². The molecule has 1 aliphatic heterocycles. The number of hydrogen-bond acceptors (Lipinski definition) is 3. The summed E-state index contributed by atoms with van der Waals surface area (Å²) in [4.78, 5) is 0. The second-order valence-corrected chi connectivity index (χ2v) is 5.87. The molecular weight excluding hydrogens is 306 g/mol. The van der Waals surface area contributed by atoms with Crippen LogP contribution >= 0.6 is 15.9 Å². The molecule has 0 saturated carbocycles. The molecule has 5 heteroatoms. The van der Waals surface area contributed by atoms with Crippen molar-refractivity contribution in [2.75, 3.05) is 13.2 Å². The van der Waals surface area contributed by atoms with Crippen LogP contribution in [0.5, 0.6) is 0 Å². The molecule has 0 spiro atoms. The monoisotopic (exact) mass is 329 g/mol. The molecule has 0 radical (unpaired) electrons. The minimum atomic E-state index is 0.353. The largest absolute Gasteiger partial charge is 0.378 e. The van der Waals surface area contributed by atoms with Gasteiger partial charge < -0.3 is 10.1 Å². The minimum absolute atomic E-state index is 0.353. The molecule has 0 aromatic carbocycles. The summed E-state index contributed by atoms with van der Waals surface area (Å²) in [6.07, 6.45) is 7.01. The molecule has 2 rings (SSSR count). The first-order valence-electron chi connectivity index (χ1n) is 7.32. The van der Waals surface area contributed by atoms with E-state index in [0.29, 0.717) is 12.1 Å². The number of aryl methyl sites for hydroxylation is 1. The lowest BCUT2D eigenvalue weighted by Gasteiger charge is -2.21. The molecule has 1 aromatic rings. The highest BCUT2D eigenvalue weighted by molar-refractivity contribution is 9.10. The van der Waals surface area contributed by atoms with Gasteiger partial charge >= 0.3 is 0 Å². The Bertz CT molecular complexity index is 388. The van der Waals surface area contributed by atoms with Crippen LogP contribution in [0.15, 0.2) is 10.7 Å². The molecular formula is C14H24BrN3O. The van der Waals surface area contributed by atoms with E-state index in [9.17, 15) is 0 Å². The van der Waals surface area contributed by atoms with Gasteiger partial charge in [-0.2, -0.15) is 5.10 Å². The number of hydrogen-bond donors (Lipinski definition) is 1. The van der Waals surface area contributed by atoms with Crippen LogP contribution in [0.25, 0.3) is 0 Å². The SMILES string of the molecule is CCNC(CCC1CCCO1)c1c(Br)cnn1CC. The van der Waals surface area contributed by atoms with Crippen LogP contribution in [0.2, 0.25) is 0 Å². The average molecular weight is 330 g/mol. The van der Waals surface area contributed by atoms with Gasteiger partial charge in [-0.1, -0.05) is 6.92 Å². The molecule has 0 aliphatic carbocycles.